The van der Waals surface area contributed by atoms with Crippen molar-refractivity contribution in [2.75, 3.05) is 13.1 Å². The Labute approximate surface area is 100 Å². The summed E-state index contributed by atoms with van der Waals surface area (Å²) in [5.41, 5.74) is 0.282. The maximum absolute atomic E-state index is 11.5. The van der Waals surface area contributed by atoms with Gasteiger partial charge in [0.2, 0.25) is 0 Å². The smallest absolute Gasteiger partial charge is 0.404 e. The number of hydrogen-bond acceptors (Lipinski definition) is 3. The Morgan fingerprint density at radius 1 is 1.38 bits per heavy atom. The van der Waals surface area contributed by atoms with Crippen LogP contribution in [0, 0.1) is 0 Å². The van der Waals surface area contributed by atoms with Crippen LogP contribution in [-0.2, 0) is 0 Å². The van der Waals surface area contributed by atoms with Crippen LogP contribution in [0.2, 0.25) is 0 Å². The highest BCUT2D eigenvalue weighted by Gasteiger charge is 2.06. The van der Waals surface area contributed by atoms with Gasteiger partial charge in [-0.3, -0.25) is 9.78 Å². The van der Waals surface area contributed by atoms with E-state index in [-0.39, 0.29) is 24.7 Å². The zero-order valence-electron chi connectivity index (χ0n) is 8.24. The van der Waals surface area contributed by atoms with E-state index in [2.05, 4.69) is 31.5 Å². The summed E-state index contributed by atoms with van der Waals surface area (Å²) in [5.74, 6) is -0.339. The Morgan fingerprint density at radius 3 is 2.69 bits per heavy atom. The van der Waals surface area contributed by atoms with E-state index in [4.69, 9.17) is 5.11 Å². The lowest BCUT2D eigenvalue weighted by Gasteiger charge is -2.04. The fraction of sp³-hybridized carbons (Fsp3) is 0.222. The van der Waals surface area contributed by atoms with Crippen molar-refractivity contribution in [3.8, 4) is 0 Å². The average Bonchev–Trinajstić information content (AvgIpc) is 2.24. The second kappa shape index (κ2) is 6.06. The summed E-state index contributed by atoms with van der Waals surface area (Å²) in [4.78, 5) is 25.5. The number of amides is 2. The predicted molar refractivity (Wildman–Crippen MR) is 60.3 cm³/mol. The first-order valence-corrected chi connectivity index (χ1v) is 5.25. The molecule has 0 spiro atoms. The zero-order chi connectivity index (χ0) is 12.0. The molecule has 0 aliphatic carbocycles. The van der Waals surface area contributed by atoms with Crippen molar-refractivity contribution in [3.05, 3.63) is 28.5 Å². The first kappa shape index (κ1) is 12.4. The number of carbonyl (C=O) groups is 2. The van der Waals surface area contributed by atoms with Crippen LogP contribution in [-0.4, -0.2) is 35.2 Å². The quantitative estimate of drug-likeness (QED) is 0.716. The molecule has 0 fully saturated rings. The maximum Gasteiger partial charge on any atom is 0.404 e. The minimum absolute atomic E-state index is 0.162. The Bertz CT molecular complexity index is 397. The van der Waals surface area contributed by atoms with Crippen molar-refractivity contribution in [3.63, 3.8) is 0 Å². The summed E-state index contributed by atoms with van der Waals surface area (Å²) < 4.78 is 0.760. The van der Waals surface area contributed by atoms with Gasteiger partial charge in [0, 0.05) is 23.8 Å². The Kier molecular flexibility index (Phi) is 4.71. The van der Waals surface area contributed by atoms with Gasteiger partial charge in [0.05, 0.1) is 0 Å². The van der Waals surface area contributed by atoms with Crippen molar-refractivity contribution in [2.45, 2.75) is 0 Å². The molecular formula is C9H10BrN3O3. The number of carbonyl (C=O) groups excluding carboxylic acids is 1. The van der Waals surface area contributed by atoms with Crippen molar-refractivity contribution < 1.29 is 14.7 Å². The lowest BCUT2D eigenvalue weighted by atomic mass is 10.3. The summed E-state index contributed by atoms with van der Waals surface area (Å²) >= 11 is 3.22. The number of halogens is 1. The molecule has 16 heavy (non-hydrogen) atoms. The molecule has 0 aliphatic rings. The number of pyridine rings is 1. The zero-order valence-corrected chi connectivity index (χ0v) is 9.82. The van der Waals surface area contributed by atoms with E-state index in [1.165, 1.54) is 6.20 Å². The van der Waals surface area contributed by atoms with Gasteiger partial charge in [-0.25, -0.2) is 4.79 Å². The minimum atomic E-state index is -1.12. The molecule has 7 heteroatoms. The van der Waals surface area contributed by atoms with Gasteiger partial charge in [0.1, 0.15) is 5.69 Å². The van der Waals surface area contributed by atoms with Gasteiger partial charge in [0.15, 0.2) is 0 Å². The molecule has 0 saturated heterocycles. The second-order valence-electron chi connectivity index (χ2n) is 2.85. The predicted octanol–water partition coefficient (Wildman–Crippen LogP) is 0.842. The standard InChI is InChI=1S/C9H10BrN3O3/c10-6-1-2-11-7(5-6)8(14)12-3-4-13-9(15)16/h1-2,5,13H,3-4H2,(H,12,14)(H,15,16). The van der Waals surface area contributed by atoms with E-state index < -0.39 is 6.09 Å². The molecule has 0 bridgehead atoms. The molecule has 6 nitrogen and oxygen atoms in total. The molecule has 86 valence electrons. The third kappa shape index (κ3) is 4.26. The Morgan fingerprint density at radius 2 is 2.06 bits per heavy atom. The number of rotatable bonds is 4. The van der Waals surface area contributed by atoms with Crippen molar-refractivity contribution in [1.82, 2.24) is 15.6 Å². The highest BCUT2D eigenvalue weighted by Crippen LogP contribution is 2.08. The lowest BCUT2D eigenvalue weighted by Crippen LogP contribution is -2.34. The van der Waals surface area contributed by atoms with E-state index >= 15 is 0 Å². The molecule has 0 radical (unpaired) electrons. The van der Waals surface area contributed by atoms with Crippen molar-refractivity contribution >= 4 is 27.9 Å². The van der Waals surface area contributed by atoms with Gasteiger partial charge >= 0.3 is 6.09 Å². The summed E-state index contributed by atoms with van der Waals surface area (Å²) in [6.45, 7) is 0.383. The van der Waals surface area contributed by atoms with Crippen LogP contribution in [0.5, 0.6) is 0 Å². The molecule has 1 heterocycles. The van der Waals surface area contributed by atoms with Gasteiger partial charge in [0.25, 0.3) is 5.91 Å². The molecule has 0 saturated carbocycles. The second-order valence-corrected chi connectivity index (χ2v) is 3.76. The molecule has 2 amide bonds. The van der Waals surface area contributed by atoms with Crippen LogP contribution >= 0.6 is 15.9 Å². The molecule has 0 aliphatic heterocycles. The van der Waals surface area contributed by atoms with Gasteiger partial charge in [-0.1, -0.05) is 15.9 Å². The first-order valence-electron chi connectivity index (χ1n) is 4.46. The molecule has 0 unspecified atom stereocenters. The van der Waals surface area contributed by atoms with E-state index in [9.17, 15) is 9.59 Å². The average molecular weight is 288 g/mol. The van der Waals surface area contributed by atoms with Crippen LogP contribution in [0.4, 0.5) is 4.79 Å². The normalized spacial score (nSPS) is 9.56. The number of nitrogens with zero attached hydrogens (tertiary/aromatic N) is 1. The fourth-order valence-electron chi connectivity index (χ4n) is 0.965. The Balaban J connectivity index is 2.38. The minimum Gasteiger partial charge on any atom is -0.465 e. The number of carboxylic acid groups (broad SMARTS) is 1. The highest BCUT2D eigenvalue weighted by atomic mass is 79.9. The molecular weight excluding hydrogens is 278 g/mol. The summed E-state index contributed by atoms with van der Waals surface area (Å²) in [5, 5.41) is 13.0. The molecule has 0 aromatic carbocycles. The van der Waals surface area contributed by atoms with Crippen LogP contribution in [0.25, 0.3) is 0 Å². The van der Waals surface area contributed by atoms with E-state index in [1.807, 2.05) is 0 Å². The third-order valence-electron chi connectivity index (χ3n) is 1.64. The summed E-state index contributed by atoms with van der Waals surface area (Å²) in [6.07, 6.45) is 0.393. The number of aromatic nitrogens is 1. The SMILES string of the molecule is O=C(O)NCCNC(=O)c1cc(Br)ccn1. The van der Waals surface area contributed by atoms with Gasteiger partial charge in [-0.15, -0.1) is 0 Å². The molecule has 1 aromatic heterocycles. The highest BCUT2D eigenvalue weighted by molar-refractivity contribution is 9.10. The van der Waals surface area contributed by atoms with Gasteiger partial charge in [-0.2, -0.15) is 0 Å². The maximum atomic E-state index is 11.5. The van der Waals surface area contributed by atoms with E-state index in [0.717, 1.165) is 4.47 Å². The molecule has 0 atom stereocenters. The van der Waals surface area contributed by atoms with Crippen molar-refractivity contribution in [2.24, 2.45) is 0 Å². The molecule has 1 rings (SSSR count). The lowest BCUT2D eigenvalue weighted by molar-refractivity contribution is 0.0948. The van der Waals surface area contributed by atoms with Gasteiger partial charge in [-0.05, 0) is 12.1 Å². The number of nitrogens with one attached hydrogen (secondary N) is 2. The first-order chi connectivity index (χ1) is 7.59. The monoisotopic (exact) mass is 287 g/mol. The van der Waals surface area contributed by atoms with Crippen LogP contribution in [0.15, 0.2) is 22.8 Å². The summed E-state index contributed by atoms with van der Waals surface area (Å²) in [6, 6.07) is 3.29. The summed E-state index contributed by atoms with van der Waals surface area (Å²) in [7, 11) is 0. The Hall–Kier alpha value is -1.63. The fourth-order valence-corrected chi connectivity index (χ4v) is 1.30. The van der Waals surface area contributed by atoms with Crippen LogP contribution in [0.1, 0.15) is 10.5 Å². The van der Waals surface area contributed by atoms with E-state index in [1.54, 1.807) is 12.1 Å². The number of hydrogen-bond donors (Lipinski definition) is 3. The molecule has 1 aromatic rings. The third-order valence-corrected chi connectivity index (χ3v) is 2.13. The van der Waals surface area contributed by atoms with Crippen LogP contribution in [0.3, 0.4) is 0 Å². The molecule has 3 N–H and O–H groups in total. The van der Waals surface area contributed by atoms with Gasteiger partial charge < -0.3 is 15.7 Å². The largest absolute Gasteiger partial charge is 0.465 e. The van der Waals surface area contributed by atoms with E-state index in [0.29, 0.717) is 0 Å². The topological polar surface area (TPSA) is 91.3 Å². The van der Waals surface area contributed by atoms with Crippen LogP contribution < -0.4 is 10.6 Å². The van der Waals surface area contributed by atoms with Crippen molar-refractivity contribution in [1.29, 1.82) is 0 Å².